The second kappa shape index (κ2) is 15.4. The van der Waals surface area contributed by atoms with E-state index in [4.69, 9.17) is 0 Å². The Kier molecular flexibility index (Phi) is 10.2. The van der Waals surface area contributed by atoms with Crippen LogP contribution in [0.15, 0.2) is 134 Å². The summed E-state index contributed by atoms with van der Waals surface area (Å²) in [5.41, 5.74) is 7.97. The Morgan fingerprint density at radius 2 is 1.37 bits per heavy atom. The standard InChI is InChI=1S/C43H43N7O2/c1-4-35(48-43(52)40(49(2)3)34-14-9-6-10-15-34)41-44-27-36(46-41)32-21-17-30(18-22-32)31-19-23-33(24-20-31)37-28-45-42(47-37)38-16-11-25-50(38)39(51)26-29-12-7-5-8-13-29/h5-24,27-28,35,38,40H,4,25-26H2,1-3H3,(H,44,46)(H,45,47)(H,48,52)/t35-,38-,40+/m0/s1. The molecule has 2 amide bonds. The number of hydrogen-bond donors (Lipinski definition) is 3. The molecule has 2 aromatic heterocycles. The lowest BCUT2D eigenvalue weighted by molar-refractivity contribution is -0.131. The van der Waals surface area contributed by atoms with E-state index in [2.05, 4.69) is 73.8 Å². The van der Waals surface area contributed by atoms with Gasteiger partial charge >= 0.3 is 0 Å². The SMILES string of the molecule is CC[C@H](NC(=O)[C@@H](c1ccccc1)N(C)C)c1ncc(-c2ccc(-c3ccc(-c4cnc([C@@H]5C=CCN5C(=O)Cc5ccccc5)[nH]4)cc3)cc2)[nH]1. The van der Waals surface area contributed by atoms with Crippen LogP contribution in [0.25, 0.3) is 33.6 Å². The van der Waals surface area contributed by atoms with Crippen LogP contribution in [0, 0.1) is 0 Å². The van der Waals surface area contributed by atoms with Crippen molar-refractivity contribution >= 4 is 11.8 Å². The summed E-state index contributed by atoms with van der Waals surface area (Å²) in [6.45, 7) is 2.62. The molecule has 9 heteroatoms. The number of rotatable bonds is 12. The average molecular weight is 690 g/mol. The third-order valence-electron chi connectivity index (χ3n) is 9.61. The zero-order valence-corrected chi connectivity index (χ0v) is 29.7. The smallest absolute Gasteiger partial charge is 0.242 e. The van der Waals surface area contributed by atoms with Crippen LogP contribution in [0.5, 0.6) is 0 Å². The molecule has 0 fully saturated rings. The van der Waals surface area contributed by atoms with Gasteiger partial charge in [-0.05, 0) is 53.9 Å². The molecule has 0 unspecified atom stereocenters. The first-order chi connectivity index (χ1) is 25.4. The Hall–Kier alpha value is -6.06. The van der Waals surface area contributed by atoms with Gasteiger partial charge in [-0.2, -0.15) is 0 Å². The van der Waals surface area contributed by atoms with Gasteiger partial charge in [-0.1, -0.05) is 128 Å². The predicted octanol–water partition coefficient (Wildman–Crippen LogP) is 7.69. The fourth-order valence-corrected chi connectivity index (χ4v) is 6.80. The van der Waals surface area contributed by atoms with Crippen molar-refractivity contribution in [1.82, 2.24) is 35.1 Å². The van der Waals surface area contributed by atoms with Gasteiger partial charge in [0.05, 0.1) is 36.2 Å². The molecule has 3 N–H and O–H groups in total. The highest BCUT2D eigenvalue weighted by Crippen LogP contribution is 2.30. The molecule has 7 rings (SSSR count). The van der Waals surface area contributed by atoms with Gasteiger partial charge in [-0.15, -0.1) is 0 Å². The number of carbonyl (C=O) groups is 2. The number of imidazole rings is 2. The summed E-state index contributed by atoms with van der Waals surface area (Å²) in [5, 5.41) is 3.21. The van der Waals surface area contributed by atoms with Gasteiger partial charge in [0.2, 0.25) is 11.8 Å². The molecule has 1 aliphatic heterocycles. The van der Waals surface area contributed by atoms with Crippen molar-refractivity contribution in [2.45, 2.75) is 37.9 Å². The Balaban J connectivity index is 0.991. The van der Waals surface area contributed by atoms with Crippen LogP contribution >= 0.6 is 0 Å². The molecule has 3 heterocycles. The second-order valence-corrected chi connectivity index (χ2v) is 13.3. The summed E-state index contributed by atoms with van der Waals surface area (Å²) in [7, 11) is 3.83. The van der Waals surface area contributed by atoms with Crippen LogP contribution in [0.3, 0.4) is 0 Å². The maximum absolute atomic E-state index is 13.4. The fourth-order valence-electron chi connectivity index (χ4n) is 6.80. The minimum atomic E-state index is -0.397. The lowest BCUT2D eigenvalue weighted by Crippen LogP contribution is -2.39. The van der Waals surface area contributed by atoms with Crippen LogP contribution in [-0.4, -0.2) is 62.2 Å². The number of H-pyrrole nitrogens is 2. The Bertz CT molecular complexity index is 2140. The Labute approximate surface area is 304 Å². The molecule has 1 aliphatic rings. The van der Waals surface area contributed by atoms with Gasteiger partial charge < -0.3 is 20.2 Å². The molecule has 0 bridgehead atoms. The van der Waals surface area contributed by atoms with Gasteiger partial charge in [0.1, 0.15) is 23.7 Å². The molecule has 262 valence electrons. The van der Waals surface area contributed by atoms with E-state index in [1.165, 1.54) is 0 Å². The third kappa shape index (κ3) is 7.50. The maximum atomic E-state index is 13.4. The molecule has 4 aromatic carbocycles. The molecule has 0 spiro atoms. The van der Waals surface area contributed by atoms with Gasteiger partial charge in [0, 0.05) is 6.54 Å². The van der Waals surface area contributed by atoms with Crippen LogP contribution in [0.2, 0.25) is 0 Å². The quantitative estimate of drug-likeness (QED) is 0.114. The van der Waals surface area contributed by atoms with Crippen LogP contribution < -0.4 is 5.32 Å². The topological polar surface area (TPSA) is 110 Å². The average Bonchev–Trinajstić information content (AvgIpc) is 3.97. The summed E-state index contributed by atoms with van der Waals surface area (Å²) in [6, 6.07) is 35.5. The second-order valence-electron chi connectivity index (χ2n) is 13.3. The lowest BCUT2D eigenvalue weighted by atomic mass is 10.0. The third-order valence-corrected chi connectivity index (χ3v) is 9.61. The van der Waals surface area contributed by atoms with E-state index in [9.17, 15) is 9.59 Å². The summed E-state index contributed by atoms with van der Waals surface area (Å²) in [5.74, 6) is 1.50. The molecule has 52 heavy (non-hydrogen) atoms. The summed E-state index contributed by atoms with van der Waals surface area (Å²) < 4.78 is 0. The highest BCUT2D eigenvalue weighted by atomic mass is 16.2. The summed E-state index contributed by atoms with van der Waals surface area (Å²) >= 11 is 0. The number of nitrogens with zero attached hydrogens (tertiary/aromatic N) is 4. The number of amides is 2. The van der Waals surface area contributed by atoms with E-state index in [0.717, 1.165) is 56.4 Å². The molecule has 3 atom stereocenters. The lowest BCUT2D eigenvalue weighted by Gasteiger charge is -2.26. The Morgan fingerprint density at radius 1 is 0.788 bits per heavy atom. The van der Waals surface area contributed by atoms with Crippen LogP contribution in [-0.2, 0) is 16.0 Å². The van der Waals surface area contributed by atoms with Crippen molar-refractivity contribution in [3.8, 4) is 33.6 Å². The van der Waals surface area contributed by atoms with E-state index >= 15 is 0 Å². The molecular formula is C43H43N7O2. The number of aromatic amines is 2. The van der Waals surface area contributed by atoms with E-state index in [1.54, 1.807) is 0 Å². The molecule has 0 aliphatic carbocycles. The summed E-state index contributed by atoms with van der Waals surface area (Å²) in [4.78, 5) is 46.5. The number of benzene rings is 4. The first-order valence-corrected chi connectivity index (χ1v) is 17.7. The number of hydrogen-bond acceptors (Lipinski definition) is 5. The van der Waals surface area contributed by atoms with Gasteiger partial charge in [-0.25, -0.2) is 9.97 Å². The molecular weight excluding hydrogens is 647 g/mol. The summed E-state index contributed by atoms with van der Waals surface area (Å²) in [6.07, 6.45) is 8.79. The van der Waals surface area contributed by atoms with E-state index in [-0.39, 0.29) is 23.9 Å². The van der Waals surface area contributed by atoms with Crippen molar-refractivity contribution in [3.63, 3.8) is 0 Å². The minimum absolute atomic E-state index is 0.0621. The van der Waals surface area contributed by atoms with E-state index in [0.29, 0.717) is 19.4 Å². The normalized spacial score (nSPS) is 15.2. The van der Waals surface area contributed by atoms with Crippen LogP contribution in [0.1, 0.15) is 54.2 Å². The van der Waals surface area contributed by atoms with E-state index in [1.807, 2.05) is 116 Å². The first kappa shape index (κ1) is 34.4. The molecule has 0 saturated heterocycles. The zero-order valence-electron chi connectivity index (χ0n) is 29.7. The predicted molar refractivity (Wildman–Crippen MR) is 205 cm³/mol. The Morgan fingerprint density at radius 3 is 1.98 bits per heavy atom. The van der Waals surface area contributed by atoms with Crippen molar-refractivity contribution in [1.29, 1.82) is 0 Å². The van der Waals surface area contributed by atoms with Crippen molar-refractivity contribution in [2.24, 2.45) is 0 Å². The van der Waals surface area contributed by atoms with Gasteiger partial charge in [0.15, 0.2) is 0 Å². The maximum Gasteiger partial charge on any atom is 0.242 e. The van der Waals surface area contributed by atoms with E-state index < -0.39 is 6.04 Å². The molecule has 9 nitrogen and oxygen atoms in total. The minimum Gasteiger partial charge on any atom is -0.344 e. The van der Waals surface area contributed by atoms with Crippen molar-refractivity contribution in [2.75, 3.05) is 20.6 Å². The highest BCUT2D eigenvalue weighted by molar-refractivity contribution is 5.83. The van der Waals surface area contributed by atoms with Crippen LogP contribution in [0.4, 0.5) is 0 Å². The fraction of sp³-hybridized carbons (Fsp3) is 0.209. The molecule has 0 radical (unpaired) electrons. The number of nitrogens with one attached hydrogen (secondary N) is 3. The number of likely N-dealkylation sites (N-methyl/N-ethyl adjacent to an activating group) is 1. The number of aromatic nitrogens is 4. The zero-order chi connectivity index (χ0) is 36.0. The van der Waals surface area contributed by atoms with Gasteiger partial charge in [-0.3, -0.25) is 14.5 Å². The monoisotopic (exact) mass is 689 g/mol. The van der Waals surface area contributed by atoms with Crippen molar-refractivity contribution < 1.29 is 9.59 Å². The molecule has 6 aromatic rings. The molecule has 0 saturated carbocycles. The largest absolute Gasteiger partial charge is 0.344 e. The number of carbonyl (C=O) groups excluding carboxylic acids is 2. The first-order valence-electron chi connectivity index (χ1n) is 17.7. The van der Waals surface area contributed by atoms with Crippen molar-refractivity contribution in [3.05, 3.63) is 157 Å². The highest BCUT2D eigenvalue weighted by Gasteiger charge is 2.29. The van der Waals surface area contributed by atoms with Gasteiger partial charge in [0.25, 0.3) is 0 Å².